The molecule has 1 saturated heterocycles. The lowest BCUT2D eigenvalue weighted by atomic mass is 10.1. The highest BCUT2D eigenvalue weighted by molar-refractivity contribution is 5.66. The van der Waals surface area contributed by atoms with Crippen molar-refractivity contribution in [1.29, 1.82) is 0 Å². The van der Waals surface area contributed by atoms with Crippen LogP contribution < -0.4 is 5.32 Å². The van der Waals surface area contributed by atoms with Crippen LogP contribution in [-0.2, 0) is 4.79 Å². The number of rotatable bonds is 3. The van der Waals surface area contributed by atoms with Gasteiger partial charge in [0.2, 0.25) is 0 Å². The monoisotopic (exact) mass is 186 g/mol. The minimum Gasteiger partial charge on any atom is -0.481 e. The van der Waals surface area contributed by atoms with Gasteiger partial charge in [-0.25, -0.2) is 0 Å². The van der Waals surface area contributed by atoms with Crippen molar-refractivity contribution in [3.05, 3.63) is 0 Å². The maximum absolute atomic E-state index is 10.4. The number of nitrogens with one attached hydrogen (secondary N) is 1. The second-order valence-electron chi connectivity index (χ2n) is 3.62. The molecular weight excluding hydrogens is 168 g/mol. The number of carbonyl (C=O) groups is 1. The summed E-state index contributed by atoms with van der Waals surface area (Å²) in [6.07, 6.45) is 2.18. The Morgan fingerprint density at radius 2 is 2.46 bits per heavy atom. The molecule has 0 bridgehead atoms. The summed E-state index contributed by atoms with van der Waals surface area (Å²) in [5.74, 6) is -0.697. The third-order valence-corrected chi connectivity index (χ3v) is 2.56. The van der Waals surface area contributed by atoms with Crippen molar-refractivity contribution >= 4 is 5.97 Å². The Labute approximate surface area is 78.9 Å². The molecule has 4 heteroatoms. The normalized spacial score (nSPS) is 25.5. The van der Waals surface area contributed by atoms with E-state index in [0.29, 0.717) is 6.04 Å². The fourth-order valence-electron chi connectivity index (χ4n) is 1.67. The molecule has 1 fully saturated rings. The highest BCUT2D eigenvalue weighted by Crippen LogP contribution is 2.07. The van der Waals surface area contributed by atoms with Crippen molar-refractivity contribution in [3.8, 4) is 0 Å². The van der Waals surface area contributed by atoms with E-state index in [9.17, 15) is 4.79 Å². The Hall–Kier alpha value is -0.610. The van der Waals surface area contributed by atoms with E-state index >= 15 is 0 Å². The van der Waals surface area contributed by atoms with Crippen LogP contribution in [0, 0.1) is 0 Å². The van der Waals surface area contributed by atoms with Gasteiger partial charge in [-0.3, -0.25) is 4.79 Å². The van der Waals surface area contributed by atoms with E-state index in [1.807, 2.05) is 0 Å². The topological polar surface area (TPSA) is 52.6 Å². The Balaban J connectivity index is 2.31. The molecule has 2 N–H and O–H groups in total. The Bertz CT molecular complexity index is 173. The molecule has 1 atom stereocenters. The number of hydrogen-bond acceptors (Lipinski definition) is 3. The summed E-state index contributed by atoms with van der Waals surface area (Å²) in [5, 5.41) is 11.9. The molecule has 0 aromatic heterocycles. The zero-order chi connectivity index (χ0) is 9.68. The van der Waals surface area contributed by atoms with E-state index in [1.54, 1.807) is 0 Å². The first-order chi connectivity index (χ1) is 6.20. The Morgan fingerprint density at radius 1 is 1.69 bits per heavy atom. The van der Waals surface area contributed by atoms with Crippen molar-refractivity contribution in [2.45, 2.75) is 25.3 Å². The molecule has 1 unspecified atom stereocenters. The molecule has 0 aromatic rings. The fourth-order valence-corrected chi connectivity index (χ4v) is 1.67. The van der Waals surface area contributed by atoms with E-state index in [-0.39, 0.29) is 6.42 Å². The smallest absolute Gasteiger partial charge is 0.303 e. The number of carboxylic acids is 1. The summed E-state index contributed by atoms with van der Waals surface area (Å²) in [6.45, 7) is 3.04. The van der Waals surface area contributed by atoms with E-state index in [1.165, 1.54) is 0 Å². The minimum absolute atomic E-state index is 0.274. The predicted molar refractivity (Wildman–Crippen MR) is 50.8 cm³/mol. The second-order valence-corrected chi connectivity index (χ2v) is 3.62. The van der Waals surface area contributed by atoms with Crippen molar-refractivity contribution in [1.82, 2.24) is 10.2 Å². The van der Waals surface area contributed by atoms with Crippen LogP contribution in [0.4, 0.5) is 0 Å². The van der Waals surface area contributed by atoms with E-state index < -0.39 is 5.97 Å². The Kier molecular flexibility index (Phi) is 4.18. The number of nitrogens with zero attached hydrogens (tertiary/aromatic N) is 1. The second kappa shape index (κ2) is 5.19. The standard InChI is InChI=1S/C9H18N2O2/c1-11-6-2-5-10-7-8(11)3-4-9(12)13/h8,10H,2-7H2,1H3,(H,12,13). The number of likely N-dealkylation sites (N-methyl/N-ethyl adjacent to an activating group) is 1. The third-order valence-electron chi connectivity index (χ3n) is 2.56. The molecular formula is C9H18N2O2. The van der Waals surface area contributed by atoms with Gasteiger partial charge in [-0.15, -0.1) is 0 Å². The van der Waals surface area contributed by atoms with Gasteiger partial charge in [0.15, 0.2) is 0 Å². The Morgan fingerprint density at radius 3 is 3.15 bits per heavy atom. The van der Waals surface area contributed by atoms with E-state index in [0.717, 1.165) is 32.5 Å². The third kappa shape index (κ3) is 3.74. The molecule has 1 rings (SSSR count). The summed E-state index contributed by atoms with van der Waals surface area (Å²) in [5.41, 5.74) is 0. The molecule has 0 amide bonds. The molecule has 0 spiro atoms. The lowest BCUT2D eigenvalue weighted by Crippen LogP contribution is -2.37. The van der Waals surface area contributed by atoms with Crippen LogP contribution in [0.3, 0.4) is 0 Å². The number of carboxylic acid groups (broad SMARTS) is 1. The molecule has 13 heavy (non-hydrogen) atoms. The maximum Gasteiger partial charge on any atom is 0.303 e. The van der Waals surface area contributed by atoms with Gasteiger partial charge in [-0.1, -0.05) is 0 Å². The molecule has 0 aromatic carbocycles. The van der Waals surface area contributed by atoms with Gasteiger partial charge in [-0.2, -0.15) is 0 Å². The van der Waals surface area contributed by atoms with Crippen LogP contribution in [0.15, 0.2) is 0 Å². The van der Waals surface area contributed by atoms with E-state index in [4.69, 9.17) is 5.11 Å². The molecule has 0 aliphatic carbocycles. The summed E-state index contributed by atoms with van der Waals surface area (Å²) in [4.78, 5) is 12.6. The zero-order valence-electron chi connectivity index (χ0n) is 8.12. The molecule has 1 aliphatic rings. The molecule has 0 saturated carbocycles. The number of aliphatic carboxylic acids is 1. The summed E-state index contributed by atoms with van der Waals surface area (Å²) >= 11 is 0. The molecule has 1 heterocycles. The van der Waals surface area contributed by atoms with Crippen LogP contribution in [0.2, 0.25) is 0 Å². The van der Waals surface area contributed by atoms with Crippen LogP contribution in [0.1, 0.15) is 19.3 Å². The summed E-state index contributed by atoms with van der Waals surface area (Å²) in [6, 6.07) is 0.388. The van der Waals surface area contributed by atoms with Gasteiger partial charge >= 0.3 is 5.97 Å². The summed E-state index contributed by atoms with van der Waals surface area (Å²) in [7, 11) is 2.07. The molecule has 0 radical (unpaired) electrons. The van der Waals surface area contributed by atoms with E-state index in [2.05, 4.69) is 17.3 Å². The molecule has 76 valence electrons. The molecule has 1 aliphatic heterocycles. The lowest BCUT2D eigenvalue weighted by Gasteiger charge is -2.24. The average Bonchev–Trinajstić information content (AvgIpc) is 2.27. The van der Waals surface area contributed by atoms with Gasteiger partial charge in [-0.05, 0) is 33.0 Å². The van der Waals surface area contributed by atoms with Gasteiger partial charge in [0.1, 0.15) is 0 Å². The van der Waals surface area contributed by atoms with Crippen molar-refractivity contribution < 1.29 is 9.90 Å². The average molecular weight is 186 g/mol. The van der Waals surface area contributed by atoms with Crippen LogP contribution >= 0.6 is 0 Å². The van der Waals surface area contributed by atoms with Crippen molar-refractivity contribution in [2.24, 2.45) is 0 Å². The highest BCUT2D eigenvalue weighted by atomic mass is 16.4. The largest absolute Gasteiger partial charge is 0.481 e. The van der Waals surface area contributed by atoms with Crippen LogP contribution in [0.25, 0.3) is 0 Å². The first kappa shape index (κ1) is 10.5. The maximum atomic E-state index is 10.4. The van der Waals surface area contributed by atoms with Crippen LogP contribution in [-0.4, -0.2) is 48.7 Å². The van der Waals surface area contributed by atoms with Gasteiger partial charge < -0.3 is 15.3 Å². The predicted octanol–water partition coefficient (Wildman–Crippen LogP) is 0.145. The van der Waals surface area contributed by atoms with Crippen LogP contribution in [0.5, 0.6) is 0 Å². The van der Waals surface area contributed by atoms with Crippen molar-refractivity contribution in [2.75, 3.05) is 26.7 Å². The van der Waals surface area contributed by atoms with Gasteiger partial charge in [0, 0.05) is 19.0 Å². The molecule has 4 nitrogen and oxygen atoms in total. The first-order valence-corrected chi connectivity index (χ1v) is 4.83. The lowest BCUT2D eigenvalue weighted by molar-refractivity contribution is -0.137. The van der Waals surface area contributed by atoms with Crippen molar-refractivity contribution in [3.63, 3.8) is 0 Å². The number of hydrogen-bond donors (Lipinski definition) is 2. The SMILES string of the molecule is CN1CCCNCC1CCC(=O)O. The minimum atomic E-state index is -0.697. The van der Waals surface area contributed by atoms with Gasteiger partial charge in [0.05, 0.1) is 0 Å². The zero-order valence-corrected chi connectivity index (χ0v) is 8.12. The highest BCUT2D eigenvalue weighted by Gasteiger charge is 2.17. The summed E-state index contributed by atoms with van der Waals surface area (Å²) < 4.78 is 0. The quantitative estimate of drug-likeness (QED) is 0.658. The first-order valence-electron chi connectivity index (χ1n) is 4.83. The van der Waals surface area contributed by atoms with Gasteiger partial charge in [0.25, 0.3) is 0 Å². The fraction of sp³-hybridized carbons (Fsp3) is 0.889.